The number of urea groups is 1. The number of anilines is 3. The lowest BCUT2D eigenvalue weighted by molar-refractivity contribution is -0.137. The maximum atomic E-state index is 14.9. The molecule has 0 spiro atoms. The summed E-state index contributed by atoms with van der Waals surface area (Å²) < 4.78 is 68.6. The van der Waals surface area contributed by atoms with Gasteiger partial charge in [0.15, 0.2) is 11.6 Å². The van der Waals surface area contributed by atoms with Crippen molar-refractivity contribution in [2.24, 2.45) is 0 Å². The Morgan fingerprint density at radius 1 is 1.00 bits per heavy atom. The Kier molecular flexibility index (Phi) is 5.84. The minimum atomic E-state index is -4.75. The van der Waals surface area contributed by atoms with E-state index in [1.807, 2.05) is 5.32 Å². The zero-order valence-corrected chi connectivity index (χ0v) is 17.7. The lowest BCUT2D eigenvalue weighted by atomic mass is 10.00. The monoisotopic (exact) mass is 490 g/mol. The van der Waals surface area contributed by atoms with E-state index in [4.69, 9.17) is 5.73 Å². The van der Waals surface area contributed by atoms with Gasteiger partial charge in [0.25, 0.3) is 0 Å². The van der Waals surface area contributed by atoms with Gasteiger partial charge in [0.05, 0.1) is 16.9 Å². The van der Waals surface area contributed by atoms with Crippen molar-refractivity contribution in [1.29, 1.82) is 0 Å². The Morgan fingerprint density at radius 2 is 1.71 bits per heavy atom. The van der Waals surface area contributed by atoms with Gasteiger partial charge in [-0.25, -0.2) is 23.1 Å². The predicted molar refractivity (Wildman–Crippen MR) is 117 cm³/mol. The van der Waals surface area contributed by atoms with Crippen LogP contribution >= 0.6 is 0 Å². The Hall–Kier alpha value is -4.55. The number of carbonyl (C=O) groups is 2. The van der Waals surface area contributed by atoms with E-state index in [0.717, 1.165) is 6.07 Å². The number of nitrogens with two attached hydrogens (primary N) is 1. The van der Waals surface area contributed by atoms with E-state index in [1.54, 1.807) is 0 Å². The SMILES string of the molecule is CC(=O)c1cn2ncnc(N)c2c1-c1ccc(NC(=O)Nc2cc(C(F)(F)F)ccc2F)c(F)c1. The van der Waals surface area contributed by atoms with Crippen molar-refractivity contribution in [1.82, 2.24) is 14.6 Å². The number of nitrogens with one attached hydrogen (secondary N) is 2. The summed E-state index contributed by atoms with van der Waals surface area (Å²) in [6, 6.07) is 3.90. The molecule has 4 rings (SSSR count). The van der Waals surface area contributed by atoms with Crippen LogP contribution in [-0.2, 0) is 6.18 Å². The van der Waals surface area contributed by atoms with Crippen molar-refractivity contribution in [2.75, 3.05) is 16.4 Å². The number of rotatable bonds is 4. The molecule has 13 heteroatoms. The van der Waals surface area contributed by atoms with Gasteiger partial charge < -0.3 is 16.4 Å². The summed E-state index contributed by atoms with van der Waals surface area (Å²) in [5, 5.41) is 8.02. The van der Waals surface area contributed by atoms with Crippen LogP contribution in [-0.4, -0.2) is 26.4 Å². The van der Waals surface area contributed by atoms with E-state index < -0.39 is 35.1 Å². The molecule has 0 fully saturated rings. The van der Waals surface area contributed by atoms with Gasteiger partial charge in [-0.1, -0.05) is 6.07 Å². The average Bonchev–Trinajstić information content (AvgIpc) is 3.17. The molecule has 2 heterocycles. The maximum absolute atomic E-state index is 14.9. The molecule has 8 nitrogen and oxygen atoms in total. The number of benzene rings is 2. The number of hydrogen-bond acceptors (Lipinski definition) is 5. The molecule has 0 aliphatic rings. The summed E-state index contributed by atoms with van der Waals surface area (Å²) in [4.78, 5) is 28.2. The second kappa shape index (κ2) is 8.66. The minimum Gasteiger partial charge on any atom is -0.382 e. The molecule has 4 aromatic rings. The highest BCUT2D eigenvalue weighted by Crippen LogP contribution is 2.35. The highest BCUT2D eigenvalue weighted by Gasteiger charge is 2.31. The lowest BCUT2D eigenvalue weighted by Crippen LogP contribution is -2.21. The van der Waals surface area contributed by atoms with E-state index in [0.29, 0.717) is 18.2 Å². The normalized spacial score (nSPS) is 11.5. The molecule has 0 unspecified atom stereocenters. The van der Waals surface area contributed by atoms with Gasteiger partial charge in [0, 0.05) is 17.3 Å². The fourth-order valence-electron chi connectivity index (χ4n) is 3.44. The van der Waals surface area contributed by atoms with Crippen molar-refractivity contribution in [3.63, 3.8) is 0 Å². The smallest absolute Gasteiger partial charge is 0.382 e. The molecule has 180 valence electrons. The van der Waals surface area contributed by atoms with Crippen LogP contribution < -0.4 is 16.4 Å². The lowest BCUT2D eigenvalue weighted by Gasteiger charge is -2.13. The molecule has 35 heavy (non-hydrogen) atoms. The number of halogens is 5. The number of nitrogens with zero attached hydrogens (tertiary/aromatic N) is 3. The van der Waals surface area contributed by atoms with Gasteiger partial charge in [-0.2, -0.15) is 18.3 Å². The molecule has 0 aliphatic heterocycles. The number of Topliss-reactive ketones (excluding diaryl/α,β-unsaturated/α-hetero) is 1. The summed E-state index contributed by atoms with van der Waals surface area (Å²) >= 11 is 0. The predicted octanol–water partition coefficient (Wildman–Crippen LogP) is 5.12. The van der Waals surface area contributed by atoms with Crippen LogP contribution in [0.15, 0.2) is 48.9 Å². The first-order chi connectivity index (χ1) is 16.5. The number of nitrogen functional groups attached to an aromatic ring is 1. The summed E-state index contributed by atoms with van der Waals surface area (Å²) in [6.45, 7) is 1.31. The van der Waals surface area contributed by atoms with Crippen molar-refractivity contribution in [3.05, 3.63) is 71.7 Å². The van der Waals surface area contributed by atoms with Gasteiger partial charge in [0.1, 0.15) is 23.5 Å². The van der Waals surface area contributed by atoms with Crippen LogP contribution in [0, 0.1) is 11.6 Å². The summed E-state index contributed by atoms with van der Waals surface area (Å²) in [6.07, 6.45) is -2.14. The molecular weight excluding hydrogens is 475 g/mol. The van der Waals surface area contributed by atoms with Crippen LogP contribution in [0.2, 0.25) is 0 Å². The van der Waals surface area contributed by atoms with Gasteiger partial charge in [-0.15, -0.1) is 0 Å². The number of carbonyl (C=O) groups excluding carboxylic acids is 2. The van der Waals surface area contributed by atoms with Crippen LogP contribution in [0.4, 0.5) is 43.9 Å². The van der Waals surface area contributed by atoms with Crippen LogP contribution in [0.1, 0.15) is 22.8 Å². The molecule has 0 atom stereocenters. The molecule has 2 aromatic heterocycles. The highest BCUT2D eigenvalue weighted by molar-refractivity contribution is 6.07. The number of amides is 2. The third kappa shape index (κ3) is 4.60. The average molecular weight is 490 g/mol. The largest absolute Gasteiger partial charge is 0.416 e. The first kappa shape index (κ1) is 23.6. The standard InChI is InChI=1S/C22H15F5N6O2/c1-10(34)13-8-33-19(20(28)29-9-30-33)18(13)11-2-5-16(15(24)6-11)31-21(35)32-17-7-12(22(25,26)27)3-4-14(17)23/h2-9H,1H3,(H2,28,29,30)(H2,31,32,35). The second-order valence-electron chi connectivity index (χ2n) is 7.38. The first-order valence-corrected chi connectivity index (χ1v) is 9.83. The second-order valence-corrected chi connectivity index (χ2v) is 7.38. The van der Waals surface area contributed by atoms with Crippen molar-refractivity contribution in [2.45, 2.75) is 13.1 Å². The number of aromatic nitrogens is 3. The Morgan fingerprint density at radius 3 is 2.37 bits per heavy atom. The van der Waals surface area contributed by atoms with Crippen LogP contribution in [0.5, 0.6) is 0 Å². The van der Waals surface area contributed by atoms with Gasteiger partial charge in [0.2, 0.25) is 0 Å². The highest BCUT2D eigenvalue weighted by atomic mass is 19.4. The van der Waals surface area contributed by atoms with Crippen molar-refractivity contribution < 1.29 is 31.5 Å². The third-order valence-electron chi connectivity index (χ3n) is 5.03. The molecule has 0 saturated carbocycles. The Bertz CT molecular complexity index is 1480. The summed E-state index contributed by atoms with van der Waals surface area (Å²) in [7, 11) is 0. The molecule has 2 amide bonds. The van der Waals surface area contributed by atoms with Crippen molar-refractivity contribution >= 4 is 34.5 Å². The molecule has 0 saturated heterocycles. The number of hydrogen-bond donors (Lipinski definition) is 3. The maximum Gasteiger partial charge on any atom is 0.416 e. The number of fused-ring (bicyclic) bond motifs is 1. The number of ketones is 1. The van der Waals surface area contributed by atoms with E-state index in [1.165, 1.54) is 36.1 Å². The summed E-state index contributed by atoms with van der Waals surface area (Å²) in [5.41, 5.74) is 4.64. The quantitative estimate of drug-likeness (QED) is 0.271. The fraction of sp³-hybridized carbons (Fsp3) is 0.0909. The van der Waals surface area contributed by atoms with Crippen molar-refractivity contribution in [3.8, 4) is 11.1 Å². The Balaban J connectivity index is 1.63. The molecule has 0 bridgehead atoms. The fourth-order valence-corrected chi connectivity index (χ4v) is 3.44. The molecule has 0 aliphatic carbocycles. The molecule has 2 aromatic carbocycles. The Labute approximate surface area is 193 Å². The number of alkyl halides is 3. The van der Waals surface area contributed by atoms with E-state index in [-0.39, 0.29) is 39.5 Å². The molecular formula is C22H15F5N6O2. The van der Waals surface area contributed by atoms with Crippen LogP contribution in [0.3, 0.4) is 0 Å². The zero-order chi connectivity index (χ0) is 25.5. The molecule has 0 radical (unpaired) electrons. The van der Waals surface area contributed by atoms with Crippen LogP contribution in [0.25, 0.3) is 16.6 Å². The van der Waals surface area contributed by atoms with Gasteiger partial charge in [-0.3, -0.25) is 4.79 Å². The van der Waals surface area contributed by atoms with E-state index >= 15 is 0 Å². The summed E-state index contributed by atoms with van der Waals surface area (Å²) in [5.74, 6) is -2.34. The van der Waals surface area contributed by atoms with Gasteiger partial charge >= 0.3 is 12.2 Å². The van der Waals surface area contributed by atoms with E-state index in [2.05, 4.69) is 15.4 Å². The zero-order valence-electron chi connectivity index (χ0n) is 17.7. The van der Waals surface area contributed by atoms with E-state index in [9.17, 15) is 31.5 Å². The first-order valence-electron chi connectivity index (χ1n) is 9.83. The molecule has 4 N–H and O–H groups in total. The third-order valence-corrected chi connectivity index (χ3v) is 5.03. The minimum absolute atomic E-state index is 0.0487. The topological polar surface area (TPSA) is 114 Å². The van der Waals surface area contributed by atoms with Gasteiger partial charge in [-0.05, 0) is 42.8 Å².